The van der Waals surface area contributed by atoms with Crippen molar-refractivity contribution in [2.75, 3.05) is 11.9 Å². The Hall–Kier alpha value is -3.84. The summed E-state index contributed by atoms with van der Waals surface area (Å²) >= 11 is 12.1. The number of amides is 4. The number of hydrogen-bond donors (Lipinski definition) is 4. The second-order valence-electron chi connectivity index (χ2n) is 7.17. The van der Waals surface area contributed by atoms with Gasteiger partial charge in [0.15, 0.2) is 11.5 Å². The van der Waals surface area contributed by atoms with E-state index >= 15 is 0 Å². The molecule has 2 heterocycles. The molecule has 0 radical (unpaired) electrons. The number of benzene rings is 1. The van der Waals surface area contributed by atoms with Crippen molar-refractivity contribution in [3.8, 4) is 5.82 Å². The van der Waals surface area contributed by atoms with Crippen molar-refractivity contribution in [3.63, 3.8) is 0 Å². The number of pyridine rings is 1. The maximum absolute atomic E-state index is 13.4. The summed E-state index contributed by atoms with van der Waals surface area (Å²) in [6, 6.07) is 5.31. The largest absolute Gasteiger partial charge is 0.435 e. The van der Waals surface area contributed by atoms with Crippen LogP contribution in [0, 0.1) is 6.92 Å². The zero-order valence-corrected chi connectivity index (χ0v) is 20.1. The van der Waals surface area contributed by atoms with E-state index in [1.165, 1.54) is 37.4 Å². The Bertz CT molecular complexity index is 1330. The van der Waals surface area contributed by atoms with E-state index in [0.29, 0.717) is 22.9 Å². The summed E-state index contributed by atoms with van der Waals surface area (Å²) in [5.41, 5.74) is 2.46. The molecule has 0 fully saturated rings. The molecule has 15 heteroatoms. The second kappa shape index (κ2) is 10.8. The van der Waals surface area contributed by atoms with Gasteiger partial charge in [-0.3, -0.25) is 15.0 Å². The van der Waals surface area contributed by atoms with Gasteiger partial charge in [-0.05, 0) is 43.7 Å². The van der Waals surface area contributed by atoms with Gasteiger partial charge in [0.2, 0.25) is 0 Å². The first-order valence-corrected chi connectivity index (χ1v) is 10.9. The van der Waals surface area contributed by atoms with E-state index in [9.17, 15) is 27.6 Å². The topological polar surface area (TPSA) is 130 Å². The summed E-state index contributed by atoms with van der Waals surface area (Å²) in [6.07, 6.45) is -3.60. The molecule has 4 N–H and O–H groups in total. The number of nitrogens with one attached hydrogen (secondary N) is 4. The lowest BCUT2D eigenvalue weighted by molar-refractivity contribution is -0.141. The fourth-order valence-electron chi connectivity index (χ4n) is 3.03. The molecule has 0 saturated carbocycles. The smallest absolute Gasteiger partial charge is 0.337 e. The highest BCUT2D eigenvalue weighted by Crippen LogP contribution is 2.31. The Morgan fingerprint density at radius 1 is 1.08 bits per heavy atom. The van der Waals surface area contributed by atoms with E-state index in [1.807, 2.05) is 0 Å². The van der Waals surface area contributed by atoms with Gasteiger partial charge in [-0.15, -0.1) is 0 Å². The van der Waals surface area contributed by atoms with E-state index in [-0.39, 0.29) is 27.1 Å². The van der Waals surface area contributed by atoms with E-state index in [4.69, 9.17) is 23.2 Å². The van der Waals surface area contributed by atoms with Crippen LogP contribution < -0.4 is 21.5 Å². The van der Waals surface area contributed by atoms with Gasteiger partial charge in [0.25, 0.3) is 11.8 Å². The van der Waals surface area contributed by atoms with Crippen molar-refractivity contribution in [1.29, 1.82) is 0 Å². The third-order valence-electron chi connectivity index (χ3n) is 4.58. The maximum Gasteiger partial charge on any atom is 0.435 e. The Morgan fingerprint density at radius 2 is 1.81 bits per heavy atom. The Morgan fingerprint density at radius 3 is 2.44 bits per heavy atom. The molecule has 1 aromatic carbocycles. The molecule has 4 amide bonds. The van der Waals surface area contributed by atoms with Gasteiger partial charge in [-0.25, -0.2) is 19.9 Å². The van der Waals surface area contributed by atoms with E-state index in [2.05, 4.69) is 31.6 Å². The number of aryl methyl sites for hydroxylation is 1. The first-order valence-electron chi connectivity index (χ1n) is 10.2. The third-order valence-corrected chi connectivity index (χ3v) is 5.10. The first kappa shape index (κ1) is 26.8. The van der Waals surface area contributed by atoms with Crippen molar-refractivity contribution in [1.82, 2.24) is 30.9 Å². The van der Waals surface area contributed by atoms with Crippen molar-refractivity contribution in [2.24, 2.45) is 0 Å². The van der Waals surface area contributed by atoms with Crippen molar-refractivity contribution in [2.45, 2.75) is 20.0 Å². The number of aromatic nitrogens is 3. The van der Waals surface area contributed by atoms with Crippen LogP contribution in [0.1, 0.15) is 39.0 Å². The number of halogens is 5. The lowest BCUT2D eigenvalue weighted by atomic mass is 10.1. The van der Waals surface area contributed by atoms with Crippen LogP contribution in [-0.2, 0) is 6.18 Å². The molecule has 10 nitrogen and oxygen atoms in total. The Kier molecular flexibility index (Phi) is 8.05. The van der Waals surface area contributed by atoms with Crippen LogP contribution in [0.25, 0.3) is 5.82 Å². The molecular weight excluding hydrogens is 526 g/mol. The monoisotopic (exact) mass is 543 g/mol. The lowest BCUT2D eigenvalue weighted by Crippen LogP contribution is -2.47. The quantitative estimate of drug-likeness (QED) is 0.359. The zero-order valence-electron chi connectivity index (χ0n) is 18.6. The summed E-state index contributed by atoms with van der Waals surface area (Å²) in [7, 11) is 0. The average molecular weight is 544 g/mol. The van der Waals surface area contributed by atoms with Gasteiger partial charge in [-0.1, -0.05) is 23.2 Å². The summed E-state index contributed by atoms with van der Waals surface area (Å²) in [6.45, 7) is 3.49. The lowest BCUT2D eigenvalue weighted by Gasteiger charge is -2.16. The molecule has 0 saturated heterocycles. The number of anilines is 1. The van der Waals surface area contributed by atoms with Crippen LogP contribution in [0.3, 0.4) is 0 Å². The third kappa shape index (κ3) is 6.04. The number of nitrogens with zero attached hydrogens (tertiary/aromatic N) is 3. The molecule has 0 spiro atoms. The molecule has 0 bridgehead atoms. The molecule has 36 heavy (non-hydrogen) atoms. The number of rotatable bonds is 5. The van der Waals surface area contributed by atoms with Gasteiger partial charge in [0, 0.05) is 23.8 Å². The summed E-state index contributed by atoms with van der Waals surface area (Å²) < 4.78 is 40.9. The molecule has 3 aromatic rings. The highest BCUT2D eigenvalue weighted by Gasteiger charge is 2.37. The fourth-order valence-corrected chi connectivity index (χ4v) is 3.50. The minimum Gasteiger partial charge on any atom is -0.337 e. The van der Waals surface area contributed by atoms with Gasteiger partial charge in [0.05, 0.1) is 16.3 Å². The van der Waals surface area contributed by atoms with E-state index < -0.39 is 35.4 Å². The van der Waals surface area contributed by atoms with Crippen LogP contribution in [0.5, 0.6) is 0 Å². The number of urea groups is 1. The summed E-state index contributed by atoms with van der Waals surface area (Å²) in [4.78, 5) is 41.4. The predicted molar refractivity (Wildman–Crippen MR) is 125 cm³/mol. The maximum atomic E-state index is 13.4. The van der Waals surface area contributed by atoms with Gasteiger partial charge in [0.1, 0.15) is 5.69 Å². The standard InChI is InChI=1S/C21H18Cl2F3N7O3/c1-3-27-20(36)31-30-18(34)12-8-11(22)7-10(2)16(12)29-19(35)14-9-15(21(24,25)26)32-33(14)17-13(23)5-4-6-28-17/h4-9H,3H2,1-2H3,(H,29,35)(H,30,34)(H2,27,31,36). The van der Waals surface area contributed by atoms with Gasteiger partial charge >= 0.3 is 12.2 Å². The number of hydrazine groups is 1. The Balaban J connectivity index is 2.01. The second-order valence-corrected chi connectivity index (χ2v) is 8.01. The highest BCUT2D eigenvalue weighted by molar-refractivity contribution is 6.32. The minimum atomic E-state index is -4.87. The summed E-state index contributed by atoms with van der Waals surface area (Å²) in [5.74, 6) is -2.10. The molecule has 190 valence electrons. The zero-order chi connectivity index (χ0) is 26.6. The molecule has 0 aliphatic carbocycles. The average Bonchev–Trinajstić information content (AvgIpc) is 3.25. The molecule has 0 atom stereocenters. The molecule has 2 aromatic heterocycles. The first-order chi connectivity index (χ1) is 16.9. The number of alkyl halides is 3. The number of hydrogen-bond acceptors (Lipinski definition) is 5. The minimum absolute atomic E-state index is 0.0532. The normalized spacial score (nSPS) is 11.1. The van der Waals surface area contributed by atoms with Crippen LogP contribution in [0.4, 0.5) is 23.7 Å². The van der Waals surface area contributed by atoms with Crippen molar-refractivity contribution >= 4 is 46.7 Å². The summed E-state index contributed by atoms with van der Waals surface area (Å²) in [5, 5.41) is 8.38. The van der Waals surface area contributed by atoms with Crippen LogP contribution in [-0.4, -0.2) is 39.2 Å². The molecular formula is C21H18Cl2F3N7O3. The van der Waals surface area contributed by atoms with Crippen LogP contribution in [0.2, 0.25) is 10.0 Å². The predicted octanol–water partition coefficient (Wildman–Crippen LogP) is 4.12. The van der Waals surface area contributed by atoms with Crippen LogP contribution in [0.15, 0.2) is 36.5 Å². The highest BCUT2D eigenvalue weighted by atomic mass is 35.5. The molecule has 0 aliphatic heterocycles. The molecule has 0 unspecified atom stereocenters. The van der Waals surface area contributed by atoms with Gasteiger partial charge < -0.3 is 10.6 Å². The van der Waals surface area contributed by atoms with E-state index in [1.54, 1.807) is 6.92 Å². The van der Waals surface area contributed by atoms with Crippen molar-refractivity contribution < 1.29 is 27.6 Å². The Labute approximate surface area is 212 Å². The number of carbonyl (C=O) groups is 3. The van der Waals surface area contributed by atoms with E-state index in [0.717, 1.165) is 0 Å². The number of carbonyl (C=O) groups excluding carboxylic acids is 3. The van der Waals surface area contributed by atoms with Crippen LogP contribution >= 0.6 is 23.2 Å². The van der Waals surface area contributed by atoms with Gasteiger partial charge in [-0.2, -0.15) is 18.3 Å². The SMILES string of the molecule is CCNC(=O)NNC(=O)c1cc(Cl)cc(C)c1NC(=O)c1cc(C(F)(F)F)nn1-c1ncccc1Cl. The van der Waals surface area contributed by atoms with Crippen molar-refractivity contribution in [3.05, 3.63) is 69.1 Å². The molecule has 3 rings (SSSR count). The molecule has 0 aliphatic rings. The fraction of sp³-hybridized carbons (Fsp3) is 0.190.